The minimum atomic E-state index is -0.512. The molecule has 2 aromatic carbocycles. The van der Waals surface area contributed by atoms with Crippen molar-refractivity contribution >= 4 is 22.8 Å². The average Bonchev–Trinajstić information content (AvgIpc) is 3.29. The molecule has 154 valence electrons. The van der Waals surface area contributed by atoms with Crippen molar-refractivity contribution in [2.45, 2.75) is 33.9 Å². The number of hydrogen-bond donors (Lipinski definition) is 1. The van der Waals surface area contributed by atoms with Crippen LogP contribution in [0, 0.1) is 13.8 Å². The van der Waals surface area contributed by atoms with Gasteiger partial charge < -0.3 is 4.74 Å². The van der Waals surface area contributed by atoms with Crippen LogP contribution in [0.5, 0.6) is 0 Å². The highest BCUT2D eigenvalue weighted by Gasteiger charge is 2.14. The highest BCUT2D eigenvalue weighted by atomic mass is 16.5. The van der Waals surface area contributed by atoms with Crippen molar-refractivity contribution in [2.75, 3.05) is 5.32 Å². The number of carbonyl (C=O) groups excluding carboxylic acids is 1. The van der Waals surface area contributed by atoms with Crippen LogP contribution in [0.25, 0.3) is 22.2 Å². The third-order valence-electron chi connectivity index (χ3n) is 5.15. The first-order valence-corrected chi connectivity index (χ1v) is 9.94. The molecule has 0 spiro atoms. The summed E-state index contributed by atoms with van der Waals surface area (Å²) >= 11 is 0. The molecule has 0 fully saturated rings. The summed E-state index contributed by atoms with van der Waals surface area (Å²) in [5, 5.41) is 12.7. The summed E-state index contributed by atoms with van der Waals surface area (Å²) in [5.74, 6) is 0.611. The molecule has 2 aromatic heterocycles. The van der Waals surface area contributed by atoms with Gasteiger partial charge in [-0.25, -0.2) is 9.48 Å². The van der Waals surface area contributed by atoms with Gasteiger partial charge in [0.05, 0.1) is 17.4 Å². The van der Waals surface area contributed by atoms with Crippen LogP contribution in [0.15, 0.2) is 48.7 Å². The van der Waals surface area contributed by atoms with Gasteiger partial charge >= 0.3 is 6.09 Å². The molecule has 7 heteroatoms. The first-order chi connectivity index (χ1) is 14.4. The van der Waals surface area contributed by atoms with Gasteiger partial charge in [-0.05, 0) is 38.0 Å². The van der Waals surface area contributed by atoms with E-state index in [2.05, 4.69) is 47.6 Å². The molecule has 7 nitrogen and oxygen atoms in total. The molecule has 4 aromatic rings. The summed E-state index contributed by atoms with van der Waals surface area (Å²) in [6.07, 6.45) is 1.30. The second-order valence-corrected chi connectivity index (χ2v) is 7.41. The van der Waals surface area contributed by atoms with Gasteiger partial charge in [0.15, 0.2) is 0 Å². The molecule has 0 aliphatic carbocycles. The van der Waals surface area contributed by atoms with Crippen molar-refractivity contribution in [3.8, 4) is 11.3 Å². The van der Waals surface area contributed by atoms with Crippen LogP contribution >= 0.6 is 0 Å². The Kier molecular flexibility index (Phi) is 5.27. The van der Waals surface area contributed by atoms with Gasteiger partial charge in [-0.2, -0.15) is 10.2 Å². The van der Waals surface area contributed by atoms with E-state index in [1.165, 1.54) is 5.56 Å². The summed E-state index contributed by atoms with van der Waals surface area (Å²) in [4.78, 5) is 12.4. The zero-order valence-corrected chi connectivity index (χ0v) is 17.6. The Morgan fingerprint density at radius 3 is 2.73 bits per heavy atom. The number of rotatable bonds is 5. The van der Waals surface area contributed by atoms with Crippen molar-refractivity contribution in [1.29, 1.82) is 0 Å². The number of aryl methyl sites for hydroxylation is 4. The van der Waals surface area contributed by atoms with Gasteiger partial charge in [-0.1, -0.05) is 35.9 Å². The van der Waals surface area contributed by atoms with E-state index in [0.29, 0.717) is 12.4 Å². The van der Waals surface area contributed by atoms with Crippen LogP contribution in [0.1, 0.15) is 23.6 Å². The third-order valence-corrected chi connectivity index (χ3v) is 5.15. The summed E-state index contributed by atoms with van der Waals surface area (Å²) in [7, 11) is 1.89. The number of anilines is 1. The number of amides is 1. The number of fused-ring (bicyclic) bond motifs is 1. The SMILES string of the molecule is CCn1nc(-c2ccc(C)cc2C)cc1NC(=O)OCc1ccc2cnn(C)c2c1. The summed E-state index contributed by atoms with van der Waals surface area (Å²) in [5.41, 5.74) is 6.13. The number of nitrogens with one attached hydrogen (secondary N) is 1. The molecule has 0 atom stereocenters. The van der Waals surface area contributed by atoms with Crippen LogP contribution in [0.4, 0.5) is 10.6 Å². The first kappa shape index (κ1) is 19.7. The molecule has 0 bridgehead atoms. The molecule has 0 aliphatic rings. The lowest BCUT2D eigenvalue weighted by atomic mass is 10.0. The Labute approximate surface area is 175 Å². The second kappa shape index (κ2) is 8.02. The molecule has 2 heterocycles. The lowest BCUT2D eigenvalue weighted by Gasteiger charge is -2.08. The predicted octanol–water partition coefficient (Wildman–Crippen LogP) is 4.82. The number of carbonyl (C=O) groups is 1. The van der Waals surface area contributed by atoms with E-state index < -0.39 is 6.09 Å². The van der Waals surface area contributed by atoms with Crippen molar-refractivity contribution in [3.05, 3.63) is 65.4 Å². The third kappa shape index (κ3) is 3.91. The molecule has 0 unspecified atom stereocenters. The van der Waals surface area contributed by atoms with E-state index >= 15 is 0 Å². The number of ether oxygens (including phenoxy) is 1. The monoisotopic (exact) mass is 403 g/mol. The van der Waals surface area contributed by atoms with E-state index in [-0.39, 0.29) is 6.61 Å². The molecule has 30 heavy (non-hydrogen) atoms. The Balaban J connectivity index is 1.47. The molecule has 0 aliphatic heterocycles. The fourth-order valence-corrected chi connectivity index (χ4v) is 3.56. The number of benzene rings is 2. The van der Waals surface area contributed by atoms with Gasteiger partial charge in [0.2, 0.25) is 0 Å². The Morgan fingerprint density at radius 2 is 1.97 bits per heavy atom. The molecule has 0 saturated carbocycles. The largest absolute Gasteiger partial charge is 0.444 e. The van der Waals surface area contributed by atoms with Crippen molar-refractivity contribution in [3.63, 3.8) is 0 Å². The Morgan fingerprint density at radius 1 is 1.13 bits per heavy atom. The molecule has 0 radical (unpaired) electrons. The number of aromatic nitrogens is 4. The standard InChI is InChI=1S/C23H25N5O2/c1-5-28-22(12-20(26-28)19-9-6-15(2)10-16(19)3)25-23(29)30-14-17-7-8-18-13-24-27(4)21(18)11-17/h6-13H,5,14H2,1-4H3,(H,25,29). The van der Waals surface area contributed by atoms with E-state index in [0.717, 1.165) is 33.3 Å². The second-order valence-electron chi connectivity index (χ2n) is 7.41. The minimum absolute atomic E-state index is 0.178. The van der Waals surface area contributed by atoms with E-state index in [1.54, 1.807) is 9.36 Å². The smallest absolute Gasteiger partial charge is 0.413 e. The highest BCUT2D eigenvalue weighted by molar-refractivity contribution is 5.85. The van der Waals surface area contributed by atoms with Crippen molar-refractivity contribution in [2.24, 2.45) is 7.05 Å². The predicted molar refractivity (Wildman–Crippen MR) is 117 cm³/mol. The lowest BCUT2D eigenvalue weighted by Crippen LogP contribution is -2.16. The zero-order chi connectivity index (χ0) is 21.3. The van der Waals surface area contributed by atoms with Crippen molar-refractivity contribution < 1.29 is 9.53 Å². The molecule has 0 saturated heterocycles. The zero-order valence-electron chi connectivity index (χ0n) is 17.6. The average molecular weight is 403 g/mol. The van der Waals surface area contributed by atoms with Gasteiger partial charge in [0.1, 0.15) is 12.4 Å². The van der Waals surface area contributed by atoms with E-state index in [1.807, 2.05) is 44.4 Å². The maximum absolute atomic E-state index is 12.4. The van der Waals surface area contributed by atoms with Crippen LogP contribution in [-0.4, -0.2) is 25.7 Å². The maximum atomic E-state index is 12.4. The molecule has 1 amide bonds. The van der Waals surface area contributed by atoms with Crippen LogP contribution < -0.4 is 5.32 Å². The summed E-state index contributed by atoms with van der Waals surface area (Å²) < 4.78 is 8.99. The fraction of sp³-hybridized carbons (Fsp3) is 0.261. The molecule has 4 rings (SSSR count). The van der Waals surface area contributed by atoms with Gasteiger partial charge in [-0.15, -0.1) is 0 Å². The Hall–Kier alpha value is -3.61. The first-order valence-electron chi connectivity index (χ1n) is 9.94. The normalized spacial score (nSPS) is 11.1. The van der Waals surface area contributed by atoms with Gasteiger partial charge in [0.25, 0.3) is 0 Å². The molecule has 1 N–H and O–H groups in total. The molecular weight excluding hydrogens is 378 g/mol. The van der Waals surface area contributed by atoms with E-state index in [4.69, 9.17) is 4.74 Å². The Bertz CT molecular complexity index is 1220. The lowest BCUT2D eigenvalue weighted by molar-refractivity contribution is 0.155. The highest BCUT2D eigenvalue weighted by Crippen LogP contribution is 2.26. The summed E-state index contributed by atoms with van der Waals surface area (Å²) in [6.45, 7) is 6.93. The van der Waals surface area contributed by atoms with Gasteiger partial charge in [-0.3, -0.25) is 10.00 Å². The van der Waals surface area contributed by atoms with Crippen molar-refractivity contribution in [1.82, 2.24) is 19.6 Å². The number of hydrogen-bond acceptors (Lipinski definition) is 4. The van der Waals surface area contributed by atoms with Crippen LogP contribution in [-0.2, 0) is 24.9 Å². The summed E-state index contributed by atoms with van der Waals surface area (Å²) in [6, 6.07) is 14.0. The minimum Gasteiger partial charge on any atom is -0.444 e. The topological polar surface area (TPSA) is 74.0 Å². The maximum Gasteiger partial charge on any atom is 0.413 e. The van der Waals surface area contributed by atoms with Crippen LogP contribution in [0.2, 0.25) is 0 Å². The fourth-order valence-electron chi connectivity index (χ4n) is 3.56. The van der Waals surface area contributed by atoms with Crippen LogP contribution in [0.3, 0.4) is 0 Å². The molecular formula is C23H25N5O2. The van der Waals surface area contributed by atoms with E-state index in [9.17, 15) is 4.79 Å². The number of nitrogens with zero attached hydrogens (tertiary/aromatic N) is 4. The van der Waals surface area contributed by atoms with Gasteiger partial charge in [0, 0.05) is 30.6 Å². The quantitative estimate of drug-likeness (QED) is 0.518.